The van der Waals surface area contributed by atoms with Crippen molar-refractivity contribution in [1.82, 2.24) is 0 Å². The topological polar surface area (TPSA) is 46.5 Å². The van der Waals surface area contributed by atoms with Crippen LogP contribution in [0.4, 0.5) is 0 Å². The highest BCUT2D eigenvalue weighted by molar-refractivity contribution is 9.15. The van der Waals surface area contributed by atoms with Crippen LogP contribution in [-0.4, -0.2) is 17.2 Å². The summed E-state index contributed by atoms with van der Waals surface area (Å²) in [5.74, 6) is -0.605. The van der Waals surface area contributed by atoms with Crippen LogP contribution in [0, 0.1) is 0 Å². The summed E-state index contributed by atoms with van der Waals surface area (Å²) in [5, 5.41) is 8.89. The molecule has 1 atom stereocenters. The minimum Gasteiger partial charge on any atom is -0.483 e. The van der Waals surface area contributed by atoms with Gasteiger partial charge in [-0.2, -0.15) is 0 Å². The minimum atomic E-state index is -1.09. The van der Waals surface area contributed by atoms with E-state index in [0.717, 1.165) is 13.4 Å². The van der Waals surface area contributed by atoms with Crippen LogP contribution in [0.3, 0.4) is 0 Å². The van der Waals surface area contributed by atoms with E-state index >= 15 is 0 Å². The molecule has 19 heavy (non-hydrogen) atoms. The molecule has 104 valence electrons. The molecule has 0 saturated carbocycles. The Morgan fingerprint density at radius 3 is 1.79 bits per heavy atom. The van der Waals surface area contributed by atoms with Crippen molar-refractivity contribution in [3.8, 4) is 5.75 Å². The molecule has 0 amide bonds. The van der Waals surface area contributed by atoms with Crippen LogP contribution in [0.15, 0.2) is 34.5 Å². The molecule has 1 rings (SSSR count). The number of carboxylic acids is 1. The Hall–Kier alpha value is 0.630. The van der Waals surface area contributed by atoms with Crippen molar-refractivity contribution in [2.45, 2.75) is 13.0 Å². The van der Waals surface area contributed by atoms with Gasteiger partial charge < -0.3 is 9.84 Å². The summed E-state index contributed by atoms with van der Waals surface area (Å²) < 4.78 is 9.31. The second-order valence-electron chi connectivity index (χ2n) is 3.49. The number of carboxylic acid groups (broad SMARTS) is 1. The molecule has 1 aromatic carbocycles. The lowest BCUT2D eigenvalue weighted by Gasteiger charge is -2.19. The molecular weight excluding hydrogens is 580 g/mol. The van der Waals surface area contributed by atoms with Gasteiger partial charge in [0, 0.05) is 4.47 Å². The number of rotatable bonds is 4. The Labute approximate surface area is 152 Å². The Bertz CT molecular complexity index is 527. The summed E-state index contributed by atoms with van der Waals surface area (Å²) in [4.78, 5) is 10.9. The number of hydrogen-bond donors (Lipinski definition) is 1. The normalized spacial score (nSPS) is 12.1. The van der Waals surface area contributed by atoms with Crippen molar-refractivity contribution in [1.29, 1.82) is 0 Å². The van der Waals surface area contributed by atoms with Gasteiger partial charge in [0.05, 0.1) is 23.5 Å². The smallest absolute Gasteiger partial charge is 0.334 e. The molecule has 0 radical (unpaired) electrons. The highest BCUT2D eigenvalue weighted by Gasteiger charge is 2.22. The lowest BCUT2D eigenvalue weighted by atomic mass is 10.2. The summed E-state index contributed by atoms with van der Waals surface area (Å²) in [6.45, 7) is 5.11. The summed E-state index contributed by atoms with van der Waals surface area (Å²) in [5.41, 5.74) is -0.0195. The van der Waals surface area contributed by atoms with E-state index in [1.54, 1.807) is 6.92 Å². The zero-order valence-electron chi connectivity index (χ0n) is 9.44. The van der Waals surface area contributed by atoms with E-state index < -0.39 is 12.1 Å². The lowest BCUT2D eigenvalue weighted by molar-refractivity contribution is -0.133. The maximum atomic E-state index is 10.9. The molecule has 0 aliphatic heterocycles. The summed E-state index contributed by atoms with van der Waals surface area (Å²) in [6, 6.07) is 0. The number of halogens is 5. The van der Waals surface area contributed by atoms with Gasteiger partial charge in [-0.1, -0.05) is 6.58 Å². The minimum absolute atomic E-state index is 0.0195. The fourth-order valence-electron chi connectivity index (χ4n) is 1.11. The SMILES string of the molecule is C=C(C(=O)O)C(C)Oc1c(Br)c(Br)c(Br)c(Br)c1Br. The fourth-order valence-corrected chi connectivity index (χ4v) is 4.31. The number of aliphatic carboxylic acids is 1. The van der Waals surface area contributed by atoms with Gasteiger partial charge in [-0.25, -0.2) is 4.79 Å². The van der Waals surface area contributed by atoms with Crippen molar-refractivity contribution in [2.24, 2.45) is 0 Å². The van der Waals surface area contributed by atoms with Gasteiger partial charge in [0.25, 0.3) is 0 Å². The van der Waals surface area contributed by atoms with Crippen LogP contribution in [0.2, 0.25) is 0 Å². The molecule has 0 heterocycles. The molecular formula is C11H7Br5O3. The highest BCUT2D eigenvalue weighted by Crippen LogP contribution is 2.49. The van der Waals surface area contributed by atoms with Crippen LogP contribution in [0.1, 0.15) is 6.92 Å². The molecule has 8 heteroatoms. The van der Waals surface area contributed by atoms with Gasteiger partial charge in [-0.3, -0.25) is 0 Å². The third-order valence-corrected chi connectivity index (χ3v) is 8.25. The van der Waals surface area contributed by atoms with E-state index in [4.69, 9.17) is 9.84 Å². The standard InChI is InChI=1S/C11H7Br5O3/c1-3(11(17)18)4(2)19-10-8(15)6(13)5(12)7(14)9(10)16/h4H,1H2,2H3,(H,17,18). The molecule has 0 fully saturated rings. The average molecular weight is 587 g/mol. The lowest BCUT2D eigenvalue weighted by Crippen LogP contribution is -2.20. The van der Waals surface area contributed by atoms with Gasteiger partial charge in [0.1, 0.15) is 6.10 Å². The monoisotopic (exact) mass is 582 g/mol. The Kier molecular flexibility index (Phi) is 6.57. The van der Waals surface area contributed by atoms with E-state index in [2.05, 4.69) is 86.2 Å². The number of benzene rings is 1. The third kappa shape index (κ3) is 3.84. The van der Waals surface area contributed by atoms with Crippen molar-refractivity contribution in [3.63, 3.8) is 0 Å². The van der Waals surface area contributed by atoms with Crippen molar-refractivity contribution >= 4 is 85.6 Å². The van der Waals surface area contributed by atoms with E-state index in [1.165, 1.54) is 0 Å². The van der Waals surface area contributed by atoms with Crippen LogP contribution in [-0.2, 0) is 4.79 Å². The Balaban J connectivity index is 3.23. The summed E-state index contributed by atoms with van der Waals surface area (Å²) in [7, 11) is 0. The average Bonchev–Trinajstić information content (AvgIpc) is 2.37. The molecule has 1 aromatic rings. The highest BCUT2D eigenvalue weighted by atomic mass is 79.9. The van der Waals surface area contributed by atoms with Crippen molar-refractivity contribution in [2.75, 3.05) is 0 Å². The molecule has 1 unspecified atom stereocenters. The van der Waals surface area contributed by atoms with Gasteiger partial charge >= 0.3 is 5.97 Å². The fraction of sp³-hybridized carbons (Fsp3) is 0.182. The Morgan fingerprint density at radius 2 is 1.42 bits per heavy atom. The van der Waals surface area contributed by atoms with Crippen LogP contribution in [0.25, 0.3) is 0 Å². The van der Waals surface area contributed by atoms with Crippen LogP contribution in [0.5, 0.6) is 5.75 Å². The predicted molar refractivity (Wildman–Crippen MR) is 91.8 cm³/mol. The predicted octanol–water partition coefficient (Wildman–Crippen LogP) is 5.91. The van der Waals surface area contributed by atoms with Crippen molar-refractivity contribution in [3.05, 3.63) is 34.5 Å². The Morgan fingerprint density at radius 1 is 1.05 bits per heavy atom. The first-order valence-electron chi connectivity index (χ1n) is 4.78. The van der Waals surface area contributed by atoms with E-state index in [1.807, 2.05) is 0 Å². The number of carbonyl (C=O) groups is 1. The maximum Gasteiger partial charge on any atom is 0.334 e. The third-order valence-electron chi connectivity index (χ3n) is 2.23. The largest absolute Gasteiger partial charge is 0.483 e. The van der Waals surface area contributed by atoms with Gasteiger partial charge in [0.2, 0.25) is 0 Å². The van der Waals surface area contributed by atoms with Crippen LogP contribution < -0.4 is 4.74 Å². The molecule has 0 spiro atoms. The van der Waals surface area contributed by atoms with Crippen LogP contribution >= 0.6 is 79.6 Å². The zero-order valence-corrected chi connectivity index (χ0v) is 17.4. The van der Waals surface area contributed by atoms with Gasteiger partial charge in [0.15, 0.2) is 5.75 Å². The molecule has 0 saturated heterocycles. The first-order valence-corrected chi connectivity index (χ1v) is 8.75. The molecule has 0 bridgehead atoms. The second kappa shape index (κ2) is 7.06. The van der Waals surface area contributed by atoms with E-state index in [9.17, 15) is 4.79 Å². The molecule has 0 aliphatic carbocycles. The second-order valence-corrected chi connectivity index (χ2v) is 7.45. The molecule has 0 aliphatic rings. The maximum absolute atomic E-state index is 10.9. The van der Waals surface area contributed by atoms with E-state index in [0.29, 0.717) is 14.7 Å². The zero-order chi connectivity index (χ0) is 14.9. The first kappa shape index (κ1) is 17.7. The summed E-state index contributed by atoms with van der Waals surface area (Å²) >= 11 is 17.0. The summed E-state index contributed by atoms with van der Waals surface area (Å²) in [6.07, 6.45) is -0.662. The first-order chi connectivity index (χ1) is 8.68. The molecule has 0 aromatic heterocycles. The van der Waals surface area contributed by atoms with Crippen molar-refractivity contribution < 1.29 is 14.6 Å². The molecule has 3 nitrogen and oxygen atoms in total. The number of hydrogen-bond acceptors (Lipinski definition) is 2. The van der Waals surface area contributed by atoms with Gasteiger partial charge in [-0.05, 0) is 86.6 Å². The van der Waals surface area contributed by atoms with Gasteiger partial charge in [-0.15, -0.1) is 0 Å². The number of ether oxygens (including phenoxy) is 1. The molecule has 1 N–H and O–H groups in total. The van der Waals surface area contributed by atoms with E-state index in [-0.39, 0.29) is 5.57 Å². The quantitative estimate of drug-likeness (QED) is 0.271.